The van der Waals surface area contributed by atoms with Gasteiger partial charge < -0.3 is 25.1 Å². The fourth-order valence-corrected chi connectivity index (χ4v) is 2.91. The first-order chi connectivity index (χ1) is 13.0. The maximum absolute atomic E-state index is 10.9. The molecule has 4 N–H and O–H groups in total. The van der Waals surface area contributed by atoms with Crippen molar-refractivity contribution in [3.63, 3.8) is 0 Å². The van der Waals surface area contributed by atoms with Crippen molar-refractivity contribution in [1.29, 1.82) is 0 Å². The Hall–Kier alpha value is -3.65. The highest BCUT2D eigenvalue weighted by Gasteiger charge is 2.15. The summed E-state index contributed by atoms with van der Waals surface area (Å²) in [5.41, 5.74) is 8.09. The summed E-state index contributed by atoms with van der Waals surface area (Å²) < 4.78 is 6.65. The average molecular weight is 363 g/mol. The molecule has 27 heavy (non-hydrogen) atoms. The number of ether oxygens (including phenoxy) is 1. The lowest BCUT2D eigenvalue weighted by atomic mass is 10.1. The number of fused-ring (bicyclic) bond motifs is 1. The van der Waals surface area contributed by atoms with Gasteiger partial charge in [-0.25, -0.2) is 14.8 Å². The summed E-state index contributed by atoms with van der Waals surface area (Å²) in [7, 11) is 1.84. The number of hydrogen-bond acceptors (Lipinski definition) is 5. The average Bonchev–Trinajstić information content (AvgIpc) is 3.26. The van der Waals surface area contributed by atoms with Crippen LogP contribution < -0.4 is 10.5 Å². The largest absolute Gasteiger partial charge is 0.410 e. The van der Waals surface area contributed by atoms with Crippen molar-refractivity contribution in [1.82, 2.24) is 19.5 Å². The first kappa shape index (κ1) is 16.8. The lowest BCUT2D eigenvalue weighted by molar-refractivity contribution is 0.206. The molecule has 0 aliphatic carbocycles. The summed E-state index contributed by atoms with van der Waals surface area (Å²) in [6.45, 7) is 0. The van der Waals surface area contributed by atoms with E-state index < -0.39 is 12.2 Å². The second-order valence-electron chi connectivity index (χ2n) is 6.11. The van der Waals surface area contributed by atoms with Crippen molar-refractivity contribution in [2.24, 2.45) is 12.8 Å². The molecule has 2 aromatic carbocycles. The van der Waals surface area contributed by atoms with Crippen molar-refractivity contribution in [3.8, 4) is 17.1 Å². The number of aromatic nitrogens is 4. The smallest absolute Gasteiger partial charge is 0.409 e. The lowest BCUT2D eigenvalue weighted by Gasteiger charge is -2.11. The Balaban J connectivity index is 1.62. The molecular weight excluding hydrogens is 346 g/mol. The number of nitrogens with two attached hydrogens (primary N) is 1. The standard InChI is InChI=1S/C19H17N5O3/c1-24-9-8-21-18(24)16(25)11-2-4-12(5-3-11)17-22-14-7-6-13(27-19(20)26)10-15(14)23-17/h2-10,16,25H,1H3,(H2,20,26)(H,22,23). The molecule has 0 spiro atoms. The third-order valence-corrected chi connectivity index (χ3v) is 4.28. The molecular formula is C19H17N5O3. The Morgan fingerprint density at radius 2 is 2.04 bits per heavy atom. The number of nitrogens with zero attached hydrogens (tertiary/aromatic N) is 3. The highest BCUT2D eigenvalue weighted by molar-refractivity contribution is 5.81. The van der Waals surface area contributed by atoms with E-state index in [1.54, 1.807) is 35.2 Å². The topological polar surface area (TPSA) is 119 Å². The number of imidazole rings is 2. The Kier molecular flexibility index (Phi) is 4.09. The van der Waals surface area contributed by atoms with Crippen LogP contribution >= 0.6 is 0 Å². The van der Waals surface area contributed by atoms with Crippen LogP contribution in [0, 0.1) is 0 Å². The molecule has 0 bridgehead atoms. The number of H-pyrrole nitrogens is 1. The van der Waals surface area contributed by atoms with E-state index in [9.17, 15) is 9.90 Å². The van der Waals surface area contributed by atoms with Gasteiger partial charge in [0.15, 0.2) is 0 Å². The number of hydrogen-bond donors (Lipinski definition) is 3. The highest BCUT2D eigenvalue weighted by atomic mass is 16.5. The SMILES string of the molecule is Cn1ccnc1C(O)c1ccc(-c2nc3cc(OC(N)=O)ccc3[nH]2)cc1. The van der Waals surface area contributed by atoms with Crippen LogP contribution in [0.25, 0.3) is 22.4 Å². The highest BCUT2D eigenvalue weighted by Crippen LogP contribution is 2.26. The lowest BCUT2D eigenvalue weighted by Crippen LogP contribution is -2.16. The Morgan fingerprint density at radius 1 is 1.26 bits per heavy atom. The number of carbonyl (C=O) groups excluding carboxylic acids is 1. The molecule has 8 nitrogen and oxygen atoms in total. The third kappa shape index (κ3) is 3.25. The van der Waals surface area contributed by atoms with E-state index in [4.69, 9.17) is 10.5 Å². The summed E-state index contributed by atoms with van der Waals surface area (Å²) in [6.07, 6.45) is 1.77. The van der Waals surface area contributed by atoms with Gasteiger partial charge in [-0.2, -0.15) is 0 Å². The summed E-state index contributed by atoms with van der Waals surface area (Å²) in [5, 5.41) is 10.5. The van der Waals surface area contributed by atoms with Gasteiger partial charge in [0.1, 0.15) is 23.5 Å². The summed E-state index contributed by atoms with van der Waals surface area (Å²) in [6, 6.07) is 12.5. The number of aromatic amines is 1. The maximum atomic E-state index is 10.9. The van der Waals surface area contributed by atoms with Gasteiger partial charge in [-0.15, -0.1) is 0 Å². The van der Waals surface area contributed by atoms with Gasteiger partial charge in [0.25, 0.3) is 0 Å². The van der Waals surface area contributed by atoms with Crippen LogP contribution in [0.15, 0.2) is 54.9 Å². The van der Waals surface area contributed by atoms with E-state index in [1.165, 1.54) is 0 Å². The molecule has 8 heteroatoms. The second kappa shape index (κ2) is 6.58. The zero-order valence-electron chi connectivity index (χ0n) is 14.5. The zero-order chi connectivity index (χ0) is 19.0. The van der Waals surface area contributed by atoms with E-state index in [1.807, 2.05) is 31.3 Å². The summed E-state index contributed by atoms with van der Waals surface area (Å²) >= 11 is 0. The number of aryl methyl sites for hydroxylation is 1. The molecule has 0 saturated heterocycles. The molecule has 136 valence electrons. The van der Waals surface area contributed by atoms with E-state index in [0.717, 1.165) is 16.6 Å². The molecule has 1 unspecified atom stereocenters. The van der Waals surface area contributed by atoms with Crippen LogP contribution in [-0.2, 0) is 7.05 Å². The van der Waals surface area contributed by atoms with Crippen LogP contribution in [0.2, 0.25) is 0 Å². The number of aliphatic hydroxyl groups excluding tert-OH is 1. The molecule has 4 rings (SSSR count). The minimum absolute atomic E-state index is 0.335. The maximum Gasteiger partial charge on any atom is 0.409 e. The minimum atomic E-state index is -0.869. The fourth-order valence-electron chi connectivity index (χ4n) is 2.91. The molecule has 2 heterocycles. The number of nitrogens with one attached hydrogen (secondary N) is 1. The zero-order valence-corrected chi connectivity index (χ0v) is 14.5. The van der Waals surface area contributed by atoms with Gasteiger partial charge in [-0.3, -0.25) is 0 Å². The van der Waals surface area contributed by atoms with Crippen molar-refractivity contribution in [3.05, 3.63) is 66.2 Å². The predicted molar refractivity (Wildman–Crippen MR) is 99.0 cm³/mol. The van der Waals surface area contributed by atoms with Crippen LogP contribution in [0.1, 0.15) is 17.5 Å². The van der Waals surface area contributed by atoms with Gasteiger partial charge in [0, 0.05) is 31.1 Å². The molecule has 1 atom stereocenters. The summed E-state index contributed by atoms with van der Waals surface area (Å²) in [4.78, 5) is 22.8. The first-order valence-corrected chi connectivity index (χ1v) is 8.24. The van der Waals surface area contributed by atoms with Crippen molar-refractivity contribution in [2.45, 2.75) is 6.10 Å². The summed E-state index contributed by atoms with van der Waals surface area (Å²) in [5.74, 6) is 1.58. The van der Waals surface area contributed by atoms with Crippen molar-refractivity contribution >= 4 is 17.1 Å². The number of aliphatic hydroxyl groups is 1. The van der Waals surface area contributed by atoms with Gasteiger partial charge in [-0.05, 0) is 17.7 Å². The van der Waals surface area contributed by atoms with Crippen molar-refractivity contribution < 1.29 is 14.6 Å². The Labute approximate surface area is 154 Å². The first-order valence-electron chi connectivity index (χ1n) is 8.24. The molecule has 0 radical (unpaired) electrons. The molecule has 0 saturated carbocycles. The number of primary amides is 1. The van der Waals surface area contributed by atoms with Crippen molar-refractivity contribution in [2.75, 3.05) is 0 Å². The Bertz CT molecular complexity index is 1110. The van der Waals surface area contributed by atoms with Gasteiger partial charge in [-0.1, -0.05) is 24.3 Å². The van der Waals surface area contributed by atoms with Gasteiger partial charge in [0.2, 0.25) is 0 Å². The van der Waals surface area contributed by atoms with E-state index in [2.05, 4.69) is 15.0 Å². The normalized spacial score (nSPS) is 12.2. The van der Waals surface area contributed by atoms with Crippen LogP contribution in [0.4, 0.5) is 4.79 Å². The monoisotopic (exact) mass is 363 g/mol. The predicted octanol–water partition coefficient (Wildman–Crippen LogP) is 2.50. The van der Waals surface area contributed by atoms with Crippen LogP contribution in [0.3, 0.4) is 0 Å². The number of amides is 1. The molecule has 1 amide bonds. The quantitative estimate of drug-likeness (QED) is 0.515. The number of carbonyl (C=O) groups is 1. The van der Waals surface area contributed by atoms with Gasteiger partial charge >= 0.3 is 6.09 Å². The minimum Gasteiger partial charge on any atom is -0.410 e. The van der Waals surface area contributed by atoms with Gasteiger partial charge in [0.05, 0.1) is 11.0 Å². The Morgan fingerprint density at radius 3 is 2.70 bits per heavy atom. The van der Waals surface area contributed by atoms with Crippen LogP contribution in [-0.4, -0.2) is 30.7 Å². The molecule has 0 aliphatic rings. The number of benzene rings is 2. The van der Waals surface area contributed by atoms with E-state index in [0.29, 0.717) is 22.9 Å². The second-order valence-corrected chi connectivity index (χ2v) is 6.11. The molecule has 0 fully saturated rings. The molecule has 0 aliphatic heterocycles. The number of rotatable bonds is 4. The van der Waals surface area contributed by atoms with Crippen LogP contribution in [0.5, 0.6) is 5.75 Å². The molecule has 2 aromatic heterocycles. The van der Waals surface area contributed by atoms with E-state index in [-0.39, 0.29) is 0 Å². The fraction of sp³-hybridized carbons (Fsp3) is 0.105. The third-order valence-electron chi connectivity index (χ3n) is 4.28. The van der Waals surface area contributed by atoms with E-state index >= 15 is 0 Å². The molecule has 4 aromatic rings.